The molecular weight excluding hydrogens is 539 g/mol. The highest BCUT2D eigenvalue weighted by atomic mass is 127. The first-order chi connectivity index (χ1) is 15.2. The molecule has 3 aromatic carbocycles. The van der Waals surface area contributed by atoms with Crippen molar-refractivity contribution in [3.05, 3.63) is 81.4 Å². The van der Waals surface area contributed by atoms with Gasteiger partial charge >= 0.3 is 0 Å². The van der Waals surface area contributed by atoms with Gasteiger partial charge in [-0.2, -0.15) is 0 Å². The Bertz CT molecular complexity index is 1190. The van der Waals surface area contributed by atoms with Crippen molar-refractivity contribution in [3.8, 4) is 5.75 Å². The average molecular weight is 564 g/mol. The molecule has 8 heteroatoms. The van der Waals surface area contributed by atoms with Crippen LogP contribution in [-0.2, 0) is 14.8 Å². The zero-order valence-corrected chi connectivity index (χ0v) is 21.1. The molecule has 0 aromatic heterocycles. The number of nitrogens with one attached hydrogen (secondary N) is 1. The molecule has 168 valence electrons. The fourth-order valence-corrected chi connectivity index (χ4v) is 5.18. The van der Waals surface area contributed by atoms with Crippen LogP contribution in [0.25, 0.3) is 0 Å². The molecule has 0 spiro atoms. The van der Waals surface area contributed by atoms with Crippen LogP contribution in [0, 0.1) is 17.4 Å². The summed E-state index contributed by atoms with van der Waals surface area (Å²) >= 11 is 2.20. The maximum Gasteiger partial charge on any atom is 0.264 e. The van der Waals surface area contributed by atoms with Crippen molar-refractivity contribution in [1.82, 2.24) is 0 Å². The number of hydrogen-bond donors (Lipinski definition) is 1. The van der Waals surface area contributed by atoms with E-state index in [9.17, 15) is 13.2 Å². The molecule has 32 heavy (non-hydrogen) atoms. The van der Waals surface area contributed by atoms with Crippen LogP contribution in [0.15, 0.2) is 71.6 Å². The molecule has 0 bridgehead atoms. The smallest absolute Gasteiger partial charge is 0.264 e. The van der Waals surface area contributed by atoms with Crippen molar-refractivity contribution in [3.63, 3.8) is 0 Å². The summed E-state index contributed by atoms with van der Waals surface area (Å²) in [7, 11) is -3.99. The van der Waals surface area contributed by atoms with Crippen LogP contribution < -0.4 is 14.4 Å². The molecule has 0 heterocycles. The molecule has 0 aliphatic rings. The molecule has 0 aliphatic heterocycles. The molecule has 1 N–H and O–H groups in total. The van der Waals surface area contributed by atoms with Gasteiger partial charge in [0.25, 0.3) is 10.0 Å². The van der Waals surface area contributed by atoms with Crippen LogP contribution in [0.2, 0.25) is 0 Å². The zero-order chi connectivity index (χ0) is 23.3. The van der Waals surface area contributed by atoms with E-state index in [1.165, 1.54) is 12.1 Å². The van der Waals surface area contributed by atoms with Crippen LogP contribution in [0.1, 0.15) is 18.1 Å². The molecule has 0 saturated carbocycles. The van der Waals surface area contributed by atoms with Gasteiger partial charge in [-0.15, -0.1) is 0 Å². The summed E-state index contributed by atoms with van der Waals surface area (Å²) < 4.78 is 34.6. The number of anilines is 2. The Kier molecular flexibility index (Phi) is 7.78. The number of hydrogen-bond acceptors (Lipinski definition) is 4. The SMILES string of the molecule is CCOc1ccc(S(=O)(=O)N(CC(=O)Nc2ccc(I)cc2C)c2ccc(C)cc2)cc1. The zero-order valence-electron chi connectivity index (χ0n) is 18.1. The molecule has 0 unspecified atom stereocenters. The van der Waals surface area contributed by atoms with E-state index in [1.54, 1.807) is 24.3 Å². The first kappa shape index (κ1) is 24.1. The number of sulfonamides is 1. The molecule has 3 rings (SSSR count). The van der Waals surface area contributed by atoms with Crippen molar-refractivity contribution in [2.45, 2.75) is 25.7 Å². The third-order valence-electron chi connectivity index (χ3n) is 4.79. The van der Waals surface area contributed by atoms with Crippen molar-refractivity contribution >= 4 is 49.9 Å². The van der Waals surface area contributed by atoms with Gasteiger partial charge in [0.15, 0.2) is 0 Å². The molecule has 0 atom stereocenters. The van der Waals surface area contributed by atoms with E-state index < -0.39 is 15.9 Å². The van der Waals surface area contributed by atoms with Gasteiger partial charge in [0, 0.05) is 9.26 Å². The van der Waals surface area contributed by atoms with Gasteiger partial charge < -0.3 is 10.1 Å². The van der Waals surface area contributed by atoms with Crippen molar-refractivity contribution in [2.24, 2.45) is 0 Å². The van der Waals surface area contributed by atoms with Gasteiger partial charge in [0.05, 0.1) is 17.2 Å². The molecule has 6 nitrogen and oxygen atoms in total. The normalized spacial score (nSPS) is 11.1. The van der Waals surface area contributed by atoms with Gasteiger partial charge in [0.1, 0.15) is 12.3 Å². The maximum atomic E-state index is 13.5. The minimum Gasteiger partial charge on any atom is -0.494 e. The summed E-state index contributed by atoms with van der Waals surface area (Å²) in [6.07, 6.45) is 0. The number of nitrogens with zero attached hydrogens (tertiary/aromatic N) is 1. The molecule has 0 radical (unpaired) electrons. The van der Waals surface area contributed by atoms with E-state index >= 15 is 0 Å². The number of carbonyl (C=O) groups excluding carboxylic acids is 1. The van der Waals surface area contributed by atoms with Crippen LogP contribution in [0.3, 0.4) is 0 Å². The summed E-state index contributed by atoms with van der Waals surface area (Å²) in [5, 5.41) is 2.83. The lowest BCUT2D eigenvalue weighted by Crippen LogP contribution is -2.38. The Labute approximate surface area is 202 Å². The Balaban J connectivity index is 1.92. The summed E-state index contributed by atoms with van der Waals surface area (Å²) in [6, 6.07) is 18.9. The number of carbonyl (C=O) groups is 1. The summed E-state index contributed by atoms with van der Waals surface area (Å²) in [6.45, 7) is 5.80. The van der Waals surface area contributed by atoms with Crippen molar-refractivity contribution in [1.29, 1.82) is 0 Å². The average Bonchev–Trinajstić information content (AvgIpc) is 2.75. The number of amides is 1. The number of halogens is 1. The van der Waals surface area contributed by atoms with Crippen LogP contribution >= 0.6 is 22.6 Å². The minimum atomic E-state index is -3.99. The van der Waals surface area contributed by atoms with E-state index in [2.05, 4.69) is 27.9 Å². The number of ether oxygens (including phenoxy) is 1. The summed E-state index contributed by atoms with van der Waals surface area (Å²) in [5.74, 6) is 0.157. The Morgan fingerprint density at radius 3 is 2.25 bits per heavy atom. The third kappa shape index (κ3) is 5.80. The minimum absolute atomic E-state index is 0.0831. The lowest BCUT2D eigenvalue weighted by Gasteiger charge is -2.24. The van der Waals surface area contributed by atoms with E-state index in [0.29, 0.717) is 23.7 Å². The van der Waals surface area contributed by atoms with Crippen molar-refractivity contribution < 1.29 is 17.9 Å². The molecule has 3 aromatic rings. The highest BCUT2D eigenvalue weighted by Crippen LogP contribution is 2.26. The Morgan fingerprint density at radius 1 is 1.00 bits per heavy atom. The highest BCUT2D eigenvalue weighted by Gasteiger charge is 2.27. The molecular formula is C24H25IN2O4S. The number of aryl methyl sites for hydroxylation is 2. The Hall–Kier alpha value is -2.59. The summed E-state index contributed by atoms with van der Waals surface area (Å²) in [4.78, 5) is 13.0. The molecule has 0 saturated heterocycles. The number of rotatable bonds is 8. The molecule has 0 aliphatic carbocycles. The molecule has 0 fully saturated rings. The monoisotopic (exact) mass is 564 g/mol. The Morgan fingerprint density at radius 2 is 1.66 bits per heavy atom. The van der Waals surface area contributed by atoms with E-state index in [1.807, 2.05) is 51.1 Å². The van der Waals surface area contributed by atoms with Gasteiger partial charge in [-0.3, -0.25) is 9.10 Å². The lowest BCUT2D eigenvalue weighted by atomic mass is 10.2. The highest BCUT2D eigenvalue weighted by molar-refractivity contribution is 14.1. The van der Waals surface area contributed by atoms with Crippen molar-refractivity contribution in [2.75, 3.05) is 22.8 Å². The summed E-state index contributed by atoms with van der Waals surface area (Å²) in [5.41, 5.74) is 2.96. The standard InChI is InChI=1S/C24H25IN2O4S/c1-4-31-21-10-12-22(13-11-21)32(29,30)27(20-8-5-17(2)6-9-20)16-24(28)26-23-14-7-19(25)15-18(23)3/h5-15H,4,16H2,1-3H3,(H,26,28). The van der Waals surface area contributed by atoms with Crippen LogP contribution in [0.4, 0.5) is 11.4 Å². The second-order valence-electron chi connectivity index (χ2n) is 7.26. The van der Waals surface area contributed by atoms with Gasteiger partial charge in [0.2, 0.25) is 5.91 Å². The van der Waals surface area contributed by atoms with E-state index in [-0.39, 0.29) is 11.4 Å². The second kappa shape index (κ2) is 10.4. The number of benzene rings is 3. The fraction of sp³-hybridized carbons (Fsp3) is 0.208. The van der Waals surface area contributed by atoms with Crippen LogP contribution in [-0.4, -0.2) is 27.5 Å². The largest absolute Gasteiger partial charge is 0.494 e. The fourth-order valence-electron chi connectivity index (χ4n) is 3.12. The quantitative estimate of drug-likeness (QED) is 0.385. The first-order valence-electron chi connectivity index (χ1n) is 10.1. The van der Waals surface area contributed by atoms with E-state index in [4.69, 9.17) is 4.74 Å². The van der Waals surface area contributed by atoms with Gasteiger partial charge in [-0.25, -0.2) is 8.42 Å². The lowest BCUT2D eigenvalue weighted by molar-refractivity contribution is -0.114. The molecule has 1 amide bonds. The third-order valence-corrected chi connectivity index (χ3v) is 7.25. The maximum absolute atomic E-state index is 13.5. The van der Waals surface area contributed by atoms with Gasteiger partial charge in [-0.05, 0) is 104 Å². The second-order valence-corrected chi connectivity index (χ2v) is 10.4. The topological polar surface area (TPSA) is 75.7 Å². The van der Waals surface area contributed by atoms with E-state index in [0.717, 1.165) is 19.0 Å². The first-order valence-corrected chi connectivity index (χ1v) is 12.6. The van der Waals surface area contributed by atoms with Gasteiger partial charge in [-0.1, -0.05) is 17.7 Å². The van der Waals surface area contributed by atoms with Crippen LogP contribution in [0.5, 0.6) is 5.75 Å². The predicted molar refractivity (Wildman–Crippen MR) is 136 cm³/mol. The predicted octanol–water partition coefficient (Wildman–Crippen LogP) is 5.14.